The number of rotatable bonds is 2. The predicted octanol–water partition coefficient (Wildman–Crippen LogP) is 4.53. The fraction of sp³-hybridized carbons (Fsp3) is 0.0800. The number of carbonyl (C=O) groups is 2. The summed E-state index contributed by atoms with van der Waals surface area (Å²) in [5, 5.41) is 2.14. The van der Waals surface area contributed by atoms with Crippen molar-refractivity contribution in [2.24, 2.45) is 5.92 Å². The summed E-state index contributed by atoms with van der Waals surface area (Å²) in [6.45, 7) is 1.98. The van der Waals surface area contributed by atoms with Crippen LogP contribution in [0.2, 0.25) is 0 Å². The number of ketones is 1. The molecule has 3 heterocycles. The fourth-order valence-electron chi connectivity index (χ4n) is 4.65. The molecule has 2 aromatic carbocycles. The zero-order chi connectivity index (χ0) is 19.7. The third kappa shape index (κ3) is 2.17. The van der Waals surface area contributed by atoms with Crippen LogP contribution in [0.15, 0.2) is 95.5 Å². The number of ether oxygens (including phenoxy) is 1. The molecule has 1 aliphatic carbocycles. The second-order valence-corrected chi connectivity index (χ2v) is 9.60. The first-order valence-electron chi connectivity index (χ1n) is 9.58. The number of carbonyl (C=O) groups excluding carboxylic acids is 2. The Morgan fingerprint density at radius 3 is 2.59 bits per heavy atom. The Morgan fingerprint density at radius 2 is 1.76 bits per heavy atom. The lowest BCUT2D eigenvalue weighted by Gasteiger charge is -2.26. The lowest BCUT2D eigenvalue weighted by molar-refractivity contribution is -0.107. The van der Waals surface area contributed by atoms with Crippen LogP contribution >= 0.6 is 7.55 Å². The molecule has 0 radical (unpaired) electrons. The normalized spacial score (nSPS) is 22.3. The molecule has 3 aliphatic heterocycles. The highest BCUT2D eigenvalue weighted by atomic mass is 31.1. The quantitative estimate of drug-likeness (QED) is 0.554. The van der Waals surface area contributed by atoms with Gasteiger partial charge in [0.25, 0.3) is 0 Å². The molecule has 2 aromatic rings. The van der Waals surface area contributed by atoms with Gasteiger partial charge in [0.1, 0.15) is 11.7 Å². The number of Topliss-reactive ketones (excluding diaryl/α,β-unsaturated/α-hetero) is 1. The van der Waals surface area contributed by atoms with Crippen LogP contribution in [0, 0.1) is 5.92 Å². The van der Waals surface area contributed by atoms with Crippen LogP contribution in [-0.2, 0) is 9.53 Å². The summed E-state index contributed by atoms with van der Waals surface area (Å²) in [5.74, 6) is 0.874. The average molecular weight is 395 g/mol. The van der Waals surface area contributed by atoms with E-state index in [4.69, 9.17) is 4.74 Å². The van der Waals surface area contributed by atoms with Crippen molar-refractivity contribution in [3.8, 4) is 0 Å². The molecule has 2 atom stereocenters. The minimum atomic E-state index is -1.12. The van der Waals surface area contributed by atoms with Crippen molar-refractivity contribution in [1.29, 1.82) is 0 Å². The van der Waals surface area contributed by atoms with Crippen molar-refractivity contribution in [2.75, 3.05) is 0 Å². The Hall–Kier alpha value is -3.29. The summed E-state index contributed by atoms with van der Waals surface area (Å²) in [6, 6.07) is 17.2. The second kappa shape index (κ2) is 5.85. The molecule has 0 aromatic heterocycles. The van der Waals surface area contributed by atoms with Gasteiger partial charge < -0.3 is 4.74 Å². The number of hydrogen-bond donors (Lipinski definition) is 0. The van der Waals surface area contributed by atoms with E-state index in [2.05, 4.69) is 0 Å². The molecule has 0 bridgehead atoms. The molecule has 0 amide bonds. The molecule has 6 rings (SSSR count). The van der Waals surface area contributed by atoms with Crippen molar-refractivity contribution in [3.05, 3.63) is 107 Å². The van der Waals surface area contributed by atoms with Gasteiger partial charge in [-0.3, -0.25) is 4.79 Å². The van der Waals surface area contributed by atoms with Gasteiger partial charge in [-0.1, -0.05) is 48.5 Å². The van der Waals surface area contributed by atoms with Gasteiger partial charge in [0.2, 0.25) is 13.3 Å². The van der Waals surface area contributed by atoms with Crippen molar-refractivity contribution in [2.45, 2.75) is 6.92 Å². The molecular formula is C25H16O3P+. The molecular weight excluding hydrogens is 379 g/mol. The van der Waals surface area contributed by atoms with Gasteiger partial charge in [-0.05, 0) is 30.7 Å². The monoisotopic (exact) mass is 395 g/mol. The van der Waals surface area contributed by atoms with E-state index in [-0.39, 0.29) is 17.2 Å². The molecule has 4 heteroatoms. The zero-order valence-corrected chi connectivity index (χ0v) is 16.6. The number of hydrogen-bond acceptors (Lipinski definition) is 3. The maximum atomic E-state index is 13.4. The zero-order valence-electron chi connectivity index (χ0n) is 15.7. The molecule has 0 saturated heterocycles. The minimum Gasteiger partial charge on any atom is -0.456 e. The van der Waals surface area contributed by atoms with Gasteiger partial charge in [-0.2, -0.15) is 0 Å². The fourth-order valence-corrected chi connectivity index (χ4v) is 7.39. The lowest BCUT2D eigenvalue weighted by Crippen LogP contribution is -2.32. The average Bonchev–Trinajstić information content (AvgIpc) is 3.14. The van der Waals surface area contributed by atoms with Crippen molar-refractivity contribution in [3.63, 3.8) is 0 Å². The first-order chi connectivity index (χ1) is 14.1. The SMILES string of the molecule is CC1=CC(=O)[P+]2=C3C1=CC=C1OC(C(=O)c4ccccc4)=C(c4ccccc42)C13. The molecule has 2 unspecified atom stereocenters. The van der Waals surface area contributed by atoms with Gasteiger partial charge in [0.15, 0.2) is 16.4 Å². The number of fused-ring (bicyclic) bond motifs is 3. The maximum Gasteiger partial charge on any atom is 0.352 e. The van der Waals surface area contributed by atoms with Gasteiger partial charge >= 0.3 is 5.52 Å². The van der Waals surface area contributed by atoms with Crippen LogP contribution in [-0.4, -0.2) is 16.6 Å². The van der Waals surface area contributed by atoms with Crippen LogP contribution in [0.5, 0.6) is 0 Å². The standard InChI is InChI=1S/C25H16O3P/c1-14-13-20(26)29-19-10-6-5-9-17(19)21-22-18(12-11-16(14)25(22)29)28-24(21)23(27)15-7-3-2-4-8-15/h2-13,22H,1H3/q+1. The third-order valence-electron chi connectivity index (χ3n) is 5.90. The lowest BCUT2D eigenvalue weighted by atomic mass is 9.81. The van der Waals surface area contributed by atoms with Crippen LogP contribution in [0.25, 0.3) is 5.57 Å². The van der Waals surface area contributed by atoms with Crippen LogP contribution in [0.3, 0.4) is 0 Å². The van der Waals surface area contributed by atoms with Gasteiger partial charge in [0.05, 0.1) is 0 Å². The van der Waals surface area contributed by atoms with E-state index < -0.39 is 7.55 Å². The van der Waals surface area contributed by atoms with Crippen LogP contribution < -0.4 is 5.30 Å². The first kappa shape index (κ1) is 16.6. The van der Waals surface area contributed by atoms with E-state index in [1.54, 1.807) is 6.08 Å². The Morgan fingerprint density at radius 1 is 1.00 bits per heavy atom. The molecule has 0 N–H and O–H groups in total. The largest absolute Gasteiger partial charge is 0.456 e. The Bertz CT molecular complexity index is 1300. The molecule has 29 heavy (non-hydrogen) atoms. The van der Waals surface area contributed by atoms with E-state index in [9.17, 15) is 9.59 Å². The molecule has 0 fully saturated rings. The maximum absolute atomic E-state index is 13.4. The van der Waals surface area contributed by atoms with E-state index in [1.165, 1.54) is 0 Å². The highest BCUT2D eigenvalue weighted by molar-refractivity contribution is 7.83. The van der Waals surface area contributed by atoms with E-state index in [0.717, 1.165) is 38.6 Å². The molecule has 0 spiro atoms. The topological polar surface area (TPSA) is 43.4 Å². The summed E-state index contributed by atoms with van der Waals surface area (Å²) in [7, 11) is -1.12. The highest BCUT2D eigenvalue weighted by Gasteiger charge is 2.54. The number of allylic oxidation sites excluding steroid dienone is 7. The Kier molecular flexibility index (Phi) is 3.36. The smallest absolute Gasteiger partial charge is 0.352 e. The van der Waals surface area contributed by atoms with Crippen LogP contribution in [0.4, 0.5) is 0 Å². The van der Waals surface area contributed by atoms with E-state index in [0.29, 0.717) is 11.3 Å². The van der Waals surface area contributed by atoms with Gasteiger partial charge in [0, 0.05) is 28.3 Å². The second-order valence-electron chi connectivity index (χ2n) is 7.53. The van der Waals surface area contributed by atoms with E-state index in [1.807, 2.05) is 73.7 Å². The Balaban J connectivity index is 1.67. The van der Waals surface area contributed by atoms with Gasteiger partial charge in [-0.25, -0.2) is 4.79 Å². The summed E-state index contributed by atoms with van der Waals surface area (Å²) < 4.78 is 6.19. The van der Waals surface area contributed by atoms with Crippen molar-refractivity contribution >= 4 is 35.0 Å². The molecule has 138 valence electrons. The highest BCUT2D eigenvalue weighted by Crippen LogP contribution is 2.55. The summed E-state index contributed by atoms with van der Waals surface area (Å²) in [4.78, 5) is 26.4. The van der Waals surface area contributed by atoms with Crippen LogP contribution in [0.1, 0.15) is 22.8 Å². The van der Waals surface area contributed by atoms with Crippen molar-refractivity contribution < 1.29 is 14.3 Å². The predicted molar refractivity (Wildman–Crippen MR) is 115 cm³/mol. The van der Waals surface area contributed by atoms with Crippen molar-refractivity contribution in [1.82, 2.24) is 0 Å². The summed E-state index contributed by atoms with van der Waals surface area (Å²) >= 11 is 0. The van der Waals surface area contributed by atoms with Gasteiger partial charge in [-0.15, -0.1) is 0 Å². The Labute approximate surface area is 169 Å². The molecule has 3 nitrogen and oxygen atoms in total. The summed E-state index contributed by atoms with van der Waals surface area (Å²) in [6.07, 6.45) is 5.77. The molecule has 0 saturated carbocycles. The number of benzene rings is 2. The minimum absolute atomic E-state index is 0.117. The molecule has 4 aliphatic rings. The third-order valence-corrected chi connectivity index (χ3v) is 8.33. The van der Waals surface area contributed by atoms with E-state index >= 15 is 0 Å². The summed E-state index contributed by atoms with van der Waals surface area (Å²) in [5.41, 5.74) is 4.75. The first-order valence-corrected chi connectivity index (χ1v) is 10.9.